The van der Waals surface area contributed by atoms with Gasteiger partial charge in [0.25, 0.3) is 5.56 Å². The molecule has 1 aromatic carbocycles. The highest BCUT2D eigenvalue weighted by Gasteiger charge is 2.12. The van der Waals surface area contributed by atoms with Crippen molar-refractivity contribution in [2.45, 2.75) is 46.1 Å². The zero-order chi connectivity index (χ0) is 22.3. The lowest BCUT2D eigenvalue weighted by molar-refractivity contribution is 0.0987. The van der Waals surface area contributed by atoms with E-state index in [4.69, 9.17) is 0 Å². The van der Waals surface area contributed by atoms with Crippen LogP contribution in [0.25, 0.3) is 0 Å². The summed E-state index contributed by atoms with van der Waals surface area (Å²) in [6.45, 7) is 8.53. The smallest absolute Gasteiger partial charge is 0.332 e. The molecule has 2 aromatic rings. The van der Waals surface area contributed by atoms with Gasteiger partial charge in [0, 0.05) is 51.3 Å². The van der Waals surface area contributed by atoms with E-state index >= 15 is 0 Å². The third kappa shape index (κ3) is 5.92. The summed E-state index contributed by atoms with van der Waals surface area (Å²) in [5.41, 5.74) is 1.29. The summed E-state index contributed by atoms with van der Waals surface area (Å²) in [6, 6.07) is 9.68. The Morgan fingerprint density at radius 3 is 2.47 bits per heavy atom. The van der Waals surface area contributed by atoms with Gasteiger partial charge in [-0.05, 0) is 38.8 Å². The van der Waals surface area contributed by atoms with Crippen molar-refractivity contribution in [3.8, 4) is 0 Å². The number of aromatic nitrogens is 2. The zero-order valence-corrected chi connectivity index (χ0v) is 18.8. The van der Waals surface area contributed by atoms with Crippen molar-refractivity contribution < 1.29 is 4.79 Å². The van der Waals surface area contributed by atoms with Gasteiger partial charge in [-0.1, -0.05) is 31.2 Å². The van der Waals surface area contributed by atoms with Crippen molar-refractivity contribution in [3.05, 3.63) is 62.3 Å². The Labute approximate surface area is 178 Å². The van der Waals surface area contributed by atoms with Crippen LogP contribution >= 0.6 is 0 Å². The van der Waals surface area contributed by atoms with Crippen molar-refractivity contribution in [2.75, 3.05) is 25.0 Å². The standard InChI is InChI=1S/C23H34N4O3/c1-6-20(28)19-12-8-7-10-18(19)11-9-14-27(17(2)3)15-13-24-21-16-22(29)26(5)23(30)25(21)4/h7-8,10,12,16-17,24H,6,9,11,13-15H2,1-5H3. The van der Waals surface area contributed by atoms with E-state index in [1.807, 2.05) is 31.2 Å². The summed E-state index contributed by atoms with van der Waals surface area (Å²) in [6.07, 6.45) is 2.34. The van der Waals surface area contributed by atoms with Crippen LogP contribution in [-0.2, 0) is 20.5 Å². The van der Waals surface area contributed by atoms with E-state index in [0.717, 1.165) is 41.6 Å². The normalized spacial score (nSPS) is 11.3. The molecule has 0 saturated heterocycles. The third-order valence-electron chi connectivity index (χ3n) is 5.49. The number of Topliss-reactive ketones (excluding diaryl/α,β-unsaturated/α-hetero) is 1. The van der Waals surface area contributed by atoms with E-state index in [1.165, 1.54) is 17.7 Å². The van der Waals surface area contributed by atoms with Crippen LogP contribution in [0.1, 0.15) is 49.5 Å². The molecule has 7 heteroatoms. The molecule has 0 bridgehead atoms. The van der Waals surface area contributed by atoms with Crippen LogP contribution in [0.2, 0.25) is 0 Å². The van der Waals surface area contributed by atoms with Crippen LogP contribution in [0.5, 0.6) is 0 Å². The van der Waals surface area contributed by atoms with Gasteiger partial charge in [-0.25, -0.2) is 4.79 Å². The molecule has 1 N–H and O–H groups in total. The maximum atomic E-state index is 12.1. The molecule has 1 aromatic heterocycles. The lowest BCUT2D eigenvalue weighted by Gasteiger charge is -2.27. The van der Waals surface area contributed by atoms with Crippen LogP contribution in [-0.4, -0.2) is 45.5 Å². The van der Waals surface area contributed by atoms with Gasteiger partial charge in [0.15, 0.2) is 5.78 Å². The van der Waals surface area contributed by atoms with Gasteiger partial charge < -0.3 is 5.32 Å². The Balaban J connectivity index is 1.93. The van der Waals surface area contributed by atoms with Crippen LogP contribution in [0.3, 0.4) is 0 Å². The van der Waals surface area contributed by atoms with E-state index in [9.17, 15) is 14.4 Å². The van der Waals surface area contributed by atoms with E-state index < -0.39 is 0 Å². The quantitative estimate of drug-likeness (QED) is 0.572. The average molecular weight is 415 g/mol. The highest BCUT2D eigenvalue weighted by Crippen LogP contribution is 2.14. The highest BCUT2D eigenvalue weighted by molar-refractivity contribution is 5.97. The largest absolute Gasteiger partial charge is 0.370 e. The van der Waals surface area contributed by atoms with Crippen molar-refractivity contribution in [2.24, 2.45) is 14.1 Å². The molecule has 164 valence electrons. The third-order valence-corrected chi connectivity index (χ3v) is 5.49. The zero-order valence-electron chi connectivity index (χ0n) is 18.8. The molecular formula is C23H34N4O3. The van der Waals surface area contributed by atoms with Crippen LogP contribution in [0.4, 0.5) is 5.82 Å². The van der Waals surface area contributed by atoms with Gasteiger partial charge in [-0.3, -0.25) is 23.6 Å². The van der Waals surface area contributed by atoms with E-state index in [1.54, 1.807) is 7.05 Å². The molecule has 2 rings (SSSR count). The molecule has 30 heavy (non-hydrogen) atoms. The summed E-state index contributed by atoms with van der Waals surface area (Å²) in [4.78, 5) is 38.4. The summed E-state index contributed by atoms with van der Waals surface area (Å²) in [5.74, 6) is 0.717. The van der Waals surface area contributed by atoms with Crippen LogP contribution in [0.15, 0.2) is 39.9 Å². The molecule has 0 radical (unpaired) electrons. The summed E-state index contributed by atoms with van der Waals surface area (Å²) in [7, 11) is 3.13. The van der Waals surface area contributed by atoms with Crippen molar-refractivity contribution in [1.82, 2.24) is 14.0 Å². The minimum atomic E-state index is -0.342. The number of carbonyl (C=O) groups excluding carboxylic acids is 1. The first-order chi connectivity index (χ1) is 14.3. The number of hydrogen-bond donors (Lipinski definition) is 1. The van der Waals surface area contributed by atoms with Crippen molar-refractivity contribution >= 4 is 11.6 Å². The minimum Gasteiger partial charge on any atom is -0.370 e. The number of anilines is 1. The Kier molecular flexibility index (Phi) is 8.59. The SMILES string of the molecule is CCC(=O)c1ccccc1CCCN(CCNc1cc(=O)n(C)c(=O)n1C)C(C)C. The molecule has 0 fully saturated rings. The van der Waals surface area contributed by atoms with E-state index in [-0.39, 0.29) is 17.0 Å². The van der Waals surface area contributed by atoms with Gasteiger partial charge >= 0.3 is 5.69 Å². The second-order valence-electron chi connectivity index (χ2n) is 7.86. The number of rotatable bonds is 11. The maximum absolute atomic E-state index is 12.1. The lowest BCUT2D eigenvalue weighted by atomic mass is 9.98. The van der Waals surface area contributed by atoms with Gasteiger partial charge in [0.1, 0.15) is 5.82 Å². The number of hydrogen-bond acceptors (Lipinski definition) is 5. The maximum Gasteiger partial charge on any atom is 0.332 e. The molecule has 7 nitrogen and oxygen atoms in total. The predicted molar refractivity (Wildman–Crippen MR) is 122 cm³/mol. The van der Waals surface area contributed by atoms with E-state index in [2.05, 4.69) is 24.1 Å². The molecule has 0 aliphatic carbocycles. The number of ketones is 1. The molecule has 0 unspecified atom stereocenters. The molecule has 0 amide bonds. The fourth-order valence-electron chi connectivity index (χ4n) is 3.53. The molecule has 0 atom stereocenters. The van der Waals surface area contributed by atoms with Gasteiger partial charge in [0.2, 0.25) is 0 Å². The molecular weight excluding hydrogens is 380 g/mol. The summed E-state index contributed by atoms with van der Waals surface area (Å²) in [5, 5.41) is 3.21. The molecule has 0 aliphatic heterocycles. The Hall–Kier alpha value is -2.67. The van der Waals surface area contributed by atoms with Crippen molar-refractivity contribution in [3.63, 3.8) is 0 Å². The topological polar surface area (TPSA) is 76.3 Å². The number of benzene rings is 1. The van der Waals surface area contributed by atoms with Gasteiger partial charge in [0.05, 0.1) is 0 Å². The fraction of sp³-hybridized carbons (Fsp3) is 0.522. The molecule has 0 spiro atoms. The van der Waals surface area contributed by atoms with Crippen LogP contribution < -0.4 is 16.6 Å². The first-order valence-electron chi connectivity index (χ1n) is 10.6. The Morgan fingerprint density at radius 2 is 1.80 bits per heavy atom. The Bertz CT molecular complexity index is 975. The first-order valence-corrected chi connectivity index (χ1v) is 10.6. The van der Waals surface area contributed by atoms with Gasteiger partial charge in [-0.2, -0.15) is 0 Å². The van der Waals surface area contributed by atoms with Gasteiger partial charge in [-0.15, -0.1) is 0 Å². The Morgan fingerprint density at radius 1 is 1.10 bits per heavy atom. The number of carbonyl (C=O) groups is 1. The number of nitrogens with one attached hydrogen (secondary N) is 1. The number of nitrogens with zero attached hydrogens (tertiary/aromatic N) is 3. The van der Waals surface area contributed by atoms with Crippen LogP contribution in [0, 0.1) is 0 Å². The highest BCUT2D eigenvalue weighted by atomic mass is 16.2. The molecule has 0 saturated carbocycles. The minimum absolute atomic E-state index is 0.190. The average Bonchev–Trinajstić information content (AvgIpc) is 2.74. The monoisotopic (exact) mass is 414 g/mol. The number of aryl methyl sites for hydroxylation is 1. The van der Waals surface area contributed by atoms with Crippen molar-refractivity contribution in [1.29, 1.82) is 0 Å². The summed E-state index contributed by atoms with van der Waals surface area (Å²) < 4.78 is 2.54. The summed E-state index contributed by atoms with van der Waals surface area (Å²) >= 11 is 0. The fourth-order valence-corrected chi connectivity index (χ4v) is 3.53. The second kappa shape index (κ2) is 10.9. The second-order valence-corrected chi connectivity index (χ2v) is 7.86. The molecule has 1 heterocycles. The lowest BCUT2D eigenvalue weighted by Crippen LogP contribution is -2.39. The first kappa shape index (κ1) is 23.6. The van der Waals surface area contributed by atoms with E-state index in [0.29, 0.717) is 24.8 Å². The molecule has 0 aliphatic rings. The predicted octanol–water partition coefficient (Wildman–Crippen LogP) is 2.43.